The zero-order valence-corrected chi connectivity index (χ0v) is 9.97. The predicted molar refractivity (Wildman–Crippen MR) is 61.0 cm³/mol. The largest absolute Gasteiger partial charge is 0.507 e. The fourth-order valence-electron chi connectivity index (χ4n) is 1.72. The van der Waals surface area contributed by atoms with E-state index in [9.17, 15) is 5.11 Å². The second kappa shape index (κ2) is 3.58. The maximum atomic E-state index is 10.0. The highest BCUT2D eigenvalue weighted by atomic mass is 16.3. The van der Waals surface area contributed by atoms with Crippen LogP contribution in [-0.4, -0.2) is 5.11 Å². The molecule has 0 aliphatic rings. The summed E-state index contributed by atoms with van der Waals surface area (Å²) in [7, 11) is 0. The molecule has 0 radical (unpaired) electrons. The minimum Gasteiger partial charge on any atom is -0.507 e. The molecule has 2 nitrogen and oxygen atoms in total. The normalized spacial score (nSPS) is 11.2. The van der Waals surface area contributed by atoms with E-state index in [0.29, 0.717) is 11.1 Å². The van der Waals surface area contributed by atoms with E-state index < -0.39 is 0 Å². The van der Waals surface area contributed by atoms with Crippen LogP contribution in [0.2, 0.25) is 0 Å². The summed E-state index contributed by atoms with van der Waals surface area (Å²) < 4.78 is 0. The summed E-state index contributed by atoms with van der Waals surface area (Å²) in [5.41, 5.74) is 2.99. The summed E-state index contributed by atoms with van der Waals surface area (Å²) >= 11 is 0. The summed E-state index contributed by atoms with van der Waals surface area (Å²) in [5.74, 6) is 0.254. The number of nitrogens with zero attached hydrogens (tertiary/aromatic N) is 1. The Morgan fingerprint density at radius 2 is 1.80 bits per heavy atom. The van der Waals surface area contributed by atoms with Gasteiger partial charge in [0.05, 0.1) is 11.6 Å². The Bertz CT molecular complexity index is 433. The molecular weight excluding hydrogens is 186 g/mol. The second-order valence-electron chi connectivity index (χ2n) is 4.95. The minimum absolute atomic E-state index is 0.104. The number of nitriles is 1. The molecule has 0 bridgehead atoms. The van der Waals surface area contributed by atoms with Crippen LogP contribution in [0.5, 0.6) is 5.75 Å². The molecule has 1 rings (SSSR count). The topological polar surface area (TPSA) is 44.0 Å². The van der Waals surface area contributed by atoms with Gasteiger partial charge in [-0.05, 0) is 30.4 Å². The van der Waals surface area contributed by atoms with Crippen LogP contribution in [0.15, 0.2) is 6.07 Å². The van der Waals surface area contributed by atoms with Gasteiger partial charge in [-0.2, -0.15) is 5.26 Å². The molecule has 1 N–H and O–H groups in total. The van der Waals surface area contributed by atoms with Gasteiger partial charge in [-0.15, -0.1) is 0 Å². The molecule has 0 saturated heterocycles. The highest BCUT2D eigenvalue weighted by Crippen LogP contribution is 2.35. The van der Waals surface area contributed by atoms with Crippen molar-refractivity contribution in [1.82, 2.24) is 0 Å². The first-order chi connectivity index (χ1) is 6.79. The first kappa shape index (κ1) is 11.6. The molecule has 0 aliphatic carbocycles. The number of phenols is 1. The summed E-state index contributed by atoms with van der Waals surface area (Å²) in [6.07, 6.45) is 0. The van der Waals surface area contributed by atoms with Crippen LogP contribution in [-0.2, 0) is 5.41 Å². The molecule has 15 heavy (non-hydrogen) atoms. The monoisotopic (exact) mass is 203 g/mol. The lowest BCUT2D eigenvalue weighted by Gasteiger charge is -2.22. The lowest BCUT2D eigenvalue weighted by Crippen LogP contribution is -2.12. The van der Waals surface area contributed by atoms with E-state index >= 15 is 0 Å². The van der Waals surface area contributed by atoms with Crippen LogP contribution in [0.4, 0.5) is 0 Å². The second-order valence-corrected chi connectivity index (χ2v) is 4.95. The number of rotatable bonds is 0. The number of aromatic hydroxyl groups is 1. The van der Waals surface area contributed by atoms with E-state index in [1.165, 1.54) is 0 Å². The molecule has 0 aliphatic heterocycles. The Morgan fingerprint density at radius 1 is 1.27 bits per heavy atom. The zero-order valence-electron chi connectivity index (χ0n) is 9.97. The maximum Gasteiger partial charge on any atom is 0.123 e. The SMILES string of the molecule is Cc1cc(C(C)(C)C)c(O)c(C)c1C#N. The van der Waals surface area contributed by atoms with Crippen molar-refractivity contribution in [2.45, 2.75) is 40.0 Å². The van der Waals surface area contributed by atoms with Crippen molar-refractivity contribution in [1.29, 1.82) is 5.26 Å². The lowest BCUT2D eigenvalue weighted by atomic mass is 9.83. The highest BCUT2D eigenvalue weighted by molar-refractivity contribution is 5.55. The summed E-state index contributed by atoms with van der Waals surface area (Å²) in [5, 5.41) is 19.0. The molecule has 1 aromatic carbocycles. The van der Waals surface area contributed by atoms with Crippen molar-refractivity contribution < 1.29 is 5.11 Å². The van der Waals surface area contributed by atoms with Crippen molar-refractivity contribution in [3.05, 3.63) is 28.3 Å². The van der Waals surface area contributed by atoms with Crippen LogP contribution >= 0.6 is 0 Å². The Morgan fingerprint density at radius 3 is 2.20 bits per heavy atom. The first-order valence-electron chi connectivity index (χ1n) is 5.02. The molecule has 0 spiro atoms. The van der Waals surface area contributed by atoms with Crippen LogP contribution in [0.3, 0.4) is 0 Å². The highest BCUT2D eigenvalue weighted by Gasteiger charge is 2.21. The average molecular weight is 203 g/mol. The third-order valence-corrected chi connectivity index (χ3v) is 2.66. The number of phenolic OH excluding ortho intramolecular Hbond substituents is 1. The van der Waals surface area contributed by atoms with Gasteiger partial charge in [-0.1, -0.05) is 26.8 Å². The minimum atomic E-state index is -0.104. The van der Waals surface area contributed by atoms with E-state index in [1.54, 1.807) is 6.92 Å². The third kappa shape index (κ3) is 1.97. The fourth-order valence-corrected chi connectivity index (χ4v) is 1.72. The van der Waals surface area contributed by atoms with Crippen LogP contribution in [0, 0.1) is 25.2 Å². The summed E-state index contributed by atoms with van der Waals surface area (Å²) in [6.45, 7) is 9.84. The Kier molecular flexibility index (Phi) is 2.77. The molecule has 2 heteroatoms. The first-order valence-corrected chi connectivity index (χ1v) is 5.02. The van der Waals surface area contributed by atoms with Crippen LogP contribution < -0.4 is 0 Å². The molecule has 0 saturated carbocycles. The molecule has 0 atom stereocenters. The quantitative estimate of drug-likeness (QED) is 0.703. The van der Waals surface area contributed by atoms with E-state index in [4.69, 9.17) is 5.26 Å². The molecule has 0 unspecified atom stereocenters. The average Bonchev–Trinajstić information content (AvgIpc) is 2.10. The van der Waals surface area contributed by atoms with Gasteiger partial charge in [0.2, 0.25) is 0 Å². The fraction of sp³-hybridized carbons (Fsp3) is 0.462. The number of hydrogen-bond donors (Lipinski definition) is 1. The molecule has 1 aromatic rings. The van der Waals surface area contributed by atoms with Crippen LogP contribution in [0.1, 0.15) is 43.0 Å². The number of benzene rings is 1. The van der Waals surface area contributed by atoms with E-state index in [-0.39, 0.29) is 11.2 Å². The van der Waals surface area contributed by atoms with E-state index in [0.717, 1.165) is 11.1 Å². The Hall–Kier alpha value is -1.49. The van der Waals surface area contributed by atoms with Crippen molar-refractivity contribution in [3.8, 4) is 11.8 Å². The zero-order chi connectivity index (χ0) is 11.8. The third-order valence-electron chi connectivity index (χ3n) is 2.66. The van der Waals surface area contributed by atoms with Gasteiger partial charge >= 0.3 is 0 Å². The summed E-state index contributed by atoms with van der Waals surface area (Å²) in [4.78, 5) is 0. The standard InChI is InChI=1S/C13H17NO/c1-8-6-11(13(3,4)5)12(15)9(2)10(8)7-14/h6,15H,1-5H3. The molecule has 0 fully saturated rings. The van der Waals surface area contributed by atoms with Crippen molar-refractivity contribution in [2.24, 2.45) is 0 Å². The van der Waals surface area contributed by atoms with Gasteiger partial charge in [0, 0.05) is 5.56 Å². The molecule has 80 valence electrons. The van der Waals surface area contributed by atoms with Crippen LogP contribution in [0.25, 0.3) is 0 Å². The van der Waals surface area contributed by atoms with Gasteiger partial charge in [-0.25, -0.2) is 0 Å². The Labute approximate surface area is 91.2 Å². The van der Waals surface area contributed by atoms with Crippen molar-refractivity contribution >= 4 is 0 Å². The number of hydrogen-bond acceptors (Lipinski definition) is 2. The molecule has 0 heterocycles. The number of aryl methyl sites for hydroxylation is 1. The summed E-state index contributed by atoms with van der Waals surface area (Å²) in [6, 6.07) is 4.03. The smallest absolute Gasteiger partial charge is 0.123 e. The molecule has 0 aromatic heterocycles. The molecule has 0 amide bonds. The maximum absolute atomic E-state index is 10.0. The van der Waals surface area contributed by atoms with Gasteiger partial charge < -0.3 is 5.11 Å². The van der Waals surface area contributed by atoms with Crippen molar-refractivity contribution in [2.75, 3.05) is 0 Å². The predicted octanol–water partition coefficient (Wildman–Crippen LogP) is 3.18. The van der Waals surface area contributed by atoms with Crippen molar-refractivity contribution in [3.63, 3.8) is 0 Å². The van der Waals surface area contributed by atoms with Gasteiger partial charge in [0.25, 0.3) is 0 Å². The molecular formula is C13H17NO. The van der Waals surface area contributed by atoms with Gasteiger partial charge in [0.15, 0.2) is 0 Å². The van der Waals surface area contributed by atoms with E-state index in [2.05, 4.69) is 6.07 Å². The lowest BCUT2D eigenvalue weighted by molar-refractivity contribution is 0.442. The Balaban J connectivity index is 3.57. The van der Waals surface area contributed by atoms with Gasteiger partial charge in [-0.3, -0.25) is 0 Å². The van der Waals surface area contributed by atoms with E-state index in [1.807, 2.05) is 33.8 Å². The van der Waals surface area contributed by atoms with Gasteiger partial charge in [0.1, 0.15) is 5.75 Å².